The summed E-state index contributed by atoms with van der Waals surface area (Å²) in [5.74, 6) is 2.16. The maximum absolute atomic E-state index is 5.32. The van der Waals surface area contributed by atoms with Crippen LogP contribution in [0.5, 0.6) is 0 Å². The van der Waals surface area contributed by atoms with Crippen LogP contribution in [0.1, 0.15) is 13.3 Å². The van der Waals surface area contributed by atoms with Crippen molar-refractivity contribution in [3.63, 3.8) is 0 Å². The Morgan fingerprint density at radius 1 is 1.50 bits per heavy atom. The first-order valence-corrected chi connectivity index (χ1v) is 5.77. The molecule has 0 radical (unpaired) electrons. The molecule has 1 unspecified atom stereocenters. The first-order chi connectivity index (χ1) is 7.88. The number of nitrogens with zero attached hydrogens (tertiary/aromatic N) is 2. The van der Waals surface area contributed by atoms with E-state index in [1.54, 1.807) is 6.20 Å². The highest BCUT2D eigenvalue weighted by Crippen LogP contribution is 2.13. The average Bonchev–Trinajstić information content (AvgIpc) is 2.80. The third-order valence-electron chi connectivity index (χ3n) is 2.59. The number of nitrogens with one attached hydrogen (secondary N) is 2. The van der Waals surface area contributed by atoms with Crippen LogP contribution in [0.15, 0.2) is 12.3 Å². The van der Waals surface area contributed by atoms with Gasteiger partial charge in [0.05, 0.1) is 6.61 Å². The van der Waals surface area contributed by atoms with Gasteiger partial charge in [0.15, 0.2) is 0 Å². The van der Waals surface area contributed by atoms with E-state index in [4.69, 9.17) is 4.74 Å². The number of hydrogen-bond donors (Lipinski definition) is 2. The molecule has 2 heterocycles. The second kappa shape index (κ2) is 5.65. The third-order valence-corrected chi connectivity index (χ3v) is 2.59. The summed E-state index contributed by atoms with van der Waals surface area (Å²) in [5, 5.41) is 6.40. The summed E-state index contributed by atoms with van der Waals surface area (Å²) in [4.78, 5) is 8.47. The molecule has 1 aliphatic rings. The zero-order chi connectivity index (χ0) is 11.2. The molecule has 2 rings (SSSR count). The molecule has 1 saturated heterocycles. The second-order valence-electron chi connectivity index (χ2n) is 3.91. The minimum Gasteiger partial charge on any atom is -0.381 e. The smallest absolute Gasteiger partial charge is 0.224 e. The van der Waals surface area contributed by atoms with Crippen LogP contribution in [0.3, 0.4) is 0 Å². The van der Waals surface area contributed by atoms with Gasteiger partial charge in [-0.25, -0.2) is 4.98 Å². The average molecular weight is 222 g/mol. The zero-order valence-electron chi connectivity index (χ0n) is 9.57. The molecule has 2 N–H and O–H groups in total. The summed E-state index contributed by atoms with van der Waals surface area (Å²) in [7, 11) is 0. The standard InChI is InChI=1S/C11H18N4O/c1-2-12-11-13-5-3-10(15-11)14-7-9-4-6-16-8-9/h3,5,9H,2,4,6-8H2,1H3,(H2,12,13,14,15). The number of ether oxygens (including phenoxy) is 1. The van der Waals surface area contributed by atoms with Crippen molar-refractivity contribution in [1.82, 2.24) is 9.97 Å². The van der Waals surface area contributed by atoms with Crippen molar-refractivity contribution in [3.05, 3.63) is 12.3 Å². The zero-order valence-corrected chi connectivity index (χ0v) is 9.57. The Bertz CT molecular complexity index is 326. The largest absolute Gasteiger partial charge is 0.381 e. The minimum atomic E-state index is 0.609. The molecule has 16 heavy (non-hydrogen) atoms. The Morgan fingerprint density at radius 2 is 2.44 bits per heavy atom. The lowest BCUT2D eigenvalue weighted by molar-refractivity contribution is 0.187. The number of aromatic nitrogens is 2. The summed E-state index contributed by atoms with van der Waals surface area (Å²) in [6, 6.07) is 1.89. The fourth-order valence-corrected chi connectivity index (χ4v) is 1.69. The monoisotopic (exact) mass is 222 g/mol. The molecule has 0 aromatic carbocycles. The fraction of sp³-hybridized carbons (Fsp3) is 0.636. The molecular formula is C11H18N4O. The maximum atomic E-state index is 5.32. The van der Waals surface area contributed by atoms with E-state index in [9.17, 15) is 0 Å². The highest BCUT2D eigenvalue weighted by Gasteiger charge is 2.15. The Hall–Kier alpha value is -1.36. The Balaban J connectivity index is 1.85. The van der Waals surface area contributed by atoms with Crippen LogP contribution >= 0.6 is 0 Å². The van der Waals surface area contributed by atoms with Gasteiger partial charge in [0.25, 0.3) is 0 Å². The quantitative estimate of drug-likeness (QED) is 0.787. The first-order valence-electron chi connectivity index (χ1n) is 5.77. The van der Waals surface area contributed by atoms with Crippen LogP contribution in [0, 0.1) is 5.92 Å². The molecule has 5 nitrogen and oxygen atoms in total. The highest BCUT2D eigenvalue weighted by molar-refractivity contribution is 5.39. The molecule has 1 aliphatic heterocycles. The molecular weight excluding hydrogens is 204 g/mol. The molecule has 0 bridgehead atoms. The van der Waals surface area contributed by atoms with Crippen molar-refractivity contribution < 1.29 is 4.74 Å². The van der Waals surface area contributed by atoms with Crippen LogP contribution in [0.25, 0.3) is 0 Å². The molecule has 1 atom stereocenters. The Kier molecular flexibility index (Phi) is 3.93. The molecule has 1 fully saturated rings. The predicted octanol–water partition coefficient (Wildman–Crippen LogP) is 1.36. The summed E-state index contributed by atoms with van der Waals surface area (Å²) < 4.78 is 5.32. The number of hydrogen-bond acceptors (Lipinski definition) is 5. The van der Waals surface area contributed by atoms with Crippen LogP contribution in [0.2, 0.25) is 0 Å². The van der Waals surface area contributed by atoms with Crippen molar-refractivity contribution in [3.8, 4) is 0 Å². The highest BCUT2D eigenvalue weighted by atomic mass is 16.5. The number of rotatable bonds is 5. The fourth-order valence-electron chi connectivity index (χ4n) is 1.69. The second-order valence-corrected chi connectivity index (χ2v) is 3.91. The lowest BCUT2D eigenvalue weighted by Gasteiger charge is -2.10. The molecule has 1 aromatic heterocycles. The first kappa shape index (κ1) is 11.1. The van der Waals surface area contributed by atoms with Gasteiger partial charge in [0.2, 0.25) is 5.95 Å². The predicted molar refractivity (Wildman–Crippen MR) is 63.6 cm³/mol. The molecule has 0 spiro atoms. The van der Waals surface area contributed by atoms with Gasteiger partial charge >= 0.3 is 0 Å². The summed E-state index contributed by atoms with van der Waals surface area (Å²) >= 11 is 0. The Morgan fingerprint density at radius 3 is 3.19 bits per heavy atom. The molecule has 0 amide bonds. The molecule has 0 aliphatic carbocycles. The van der Waals surface area contributed by atoms with Crippen LogP contribution < -0.4 is 10.6 Å². The molecule has 5 heteroatoms. The maximum Gasteiger partial charge on any atom is 0.224 e. The van der Waals surface area contributed by atoms with Crippen molar-refractivity contribution >= 4 is 11.8 Å². The summed E-state index contributed by atoms with van der Waals surface area (Å²) in [6.07, 6.45) is 2.90. The topological polar surface area (TPSA) is 59.1 Å². The van der Waals surface area contributed by atoms with Gasteiger partial charge in [0, 0.05) is 31.8 Å². The molecule has 0 saturated carbocycles. The van der Waals surface area contributed by atoms with Gasteiger partial charge in [0.1, 0.15) is 5.82 Å². The van der Waals surface area contributed by atoms with Crippen molar-refractivity contribution in [1.29, 1.82) is 0 Å². The lowest BCUT2D eigenvalue weighted by Crippen LogP contribution is -2.15. The normalized spacial score (nSPS) is 19.7. The van der Waals surface area contributed by atoms with Crippen LogP contribution in [-0.4, -0.2) is 36.3 Å². The Labute approximate surface area is 95.6 Å². The summed E-state index contributed by atoms with van der Waals surface area (Å²) in [6.45, 7) is 5.53. The van der Waals surface area contributed by atoms with E-state index in [2.05, 4.69) is 20.6 Å². The van der Waals surface area contributed by atoms with Gasteiger partial charge in [-0.3, -0.25) is 0 Å². The van der Waals surface area contributed by atoms with Crippen molar-refractivity contribution in [2.75, 3.05) is 36.9 Å². The van der Waals surface area contributed by atoms with Gasteiger partial charge in [-0.05, 0) is 19.4 Å². The van der Waals surface area contributed by atoms with Gasteiger partial charge in [-0.1, -0.05) is 0 Å². The SMILES string of the molecule is CCNc1nccc(NCC2CCOC2)n1. The van der Waals surface area contributed by atoms with Crippen molar-refractivity contribution in [2.45, 2.75) is 13.3 Å². The van der Waals surface area contributed by atoms with E-state index in [1.807, 2.05) is 13.0 Å². The summed E-state index contributed by atoms with van der Waals surface area (Å²) in [5.41, 5.74) is 0. The lowest BCUT2D eigenvalue weighted by atomic mass is 10.1. The minimum absolute atomic E-state index is 0.609. The van der Waals surface area contributed by atoms with Gasteiger partial charge in [-0.2, -0.15) is 4.98 Å². The molecule has 1 aromatic rings. The van der Waals surface area contributed by atoms with Crippen molar-refractivity contribution in [2.24, 2.45) is 5.92 Å². The third kappa shape index (κ3) is 3.06. The van der Waals surface area contributed by atoms with E-state index < -0.39 is 0 Å². The van der Waals surface area contributed by atoms with Gasteiger partial charge < -0.3 is 15.4 Å². The van der Waals surface area contributed by atoms with E-state index in [1.165, 1.54) is 0 Å². The van der Waals surface area contributed by atoms with E-state index in [0.29, 0.717) is 11.9 Å². The van der Waals surface area contributed by atoms with Gasteiger partial charge in [-0.15, -0.1) is 0 Å². The van der Waals surface area contributed by atoms with Crippen LogP contribution in [-0.2, 0) is 4.74 Å². The van der Waals surface area contributed by atoms with E-state index in [0.717, 1.165) is 38.5 Å². The van der Waals surface area contributed by atoms with E-state index in [-0.39, 0.29) is 0 Å². The van der Waals surface area contributed by atoms with E-state index >= 15 is 0 Å². The number of anilines is 2. The molecule has 88 valence electrons. The van der Waals surface area contributed by atoms with Crippen LogP contribution in [0.4, 0.5) is 11.8 Å².